The SMILES string of the molecule is CC(=O)NCCCC(N)C(=O)Nc1ccc(Oc2ccc(F)cc2)cc1. The van der Waals surface area contributed by atoms with E-state index in [2.05, 4.69) is 10.6 Å². The van der Waals surface area contributed by atoms with Crippen LogP contribution in [0.5, 0.6) is 11.5 Å². The van der Waals surface area contributed by atoms with Gasteiger partial charge in [-0.15, -0.1) is 0 Å². The molecule has 2 aromatic carbocycles. The van der Waals surface area contributed by atoms with Crippen molar-refractivity contribution in [2.24, 2.45) is 5.73 Å². The maximum Gasteiger partial charge on any atom is 0.241 e. The molecule has 0 aliphatic heterocycles. The molecule has 138 valence electrons. The number of carbonyl (C=O) groups excluding carboxylic acids is 2. The third-order valence-corrected chi connectivity index (χ3v) is 3.57. The number of nitrogens with one attached hydrogen (secondary N) is 2. The first-order valence-corrected chi connectivity index (χ1v) is 8.28. The van der Waals surface area contributed by atoms with Gasteiger partial charge >= 0.3 is 0 Å². The summed E-state index contributed by atoms with van der Waals surface area (Å²) >= 11 is 0. The van der Waals surface area contributed by atoms with Crippen LogP contribution in [-0.2, 0) is 9.59 Å². The van der Waals surface area contributed by atoms with E-state index >= 15 is 0 Å². The molecule has 0 aromatic heterocycles. The topological polar surface area (TPSA) is 93.5 Å². The average molecular weight is 359 g/mol. The minimum Gasteiger partial charge on any atom is -0.457 e. The van der Waals surface area contributed by atoms with Crippen LogP contribution in [0.1, 0.15) is 19.8 Å². The molecule has 0 spiro atoms. The molecule has 4 N–H and O–H groups in total. The van der Waals surface area contributed by atoms with E-state index in [1.165, 1.54) is 31.2 Å². The summed E-state index contributed by atoms with van der Waals surface area (Å²) in [6.07, 6.45) is 1.09. The predicted molar refractivity (Wildman–Crippen MR) is 97.4 cm³/mol. The summed E-state index contributed by atoms with van der Waals surface area (Å²) in [6, 6.07) is 11.8. The molecule has 2 rings (SSSR count). The van der Waals surface area contributed by atoms with Crippen molar-refractivity contribution in [2.45, 2.75) is 25.8 Å². The first-order chi connectivity index (χ1) is 12.4. The van der Waals surface area contributed by atoms with Crippen LogP contribution in [0.2, 0.25) is 0 Å². The quantitative estimate of drug-likeness (QED) is 0.632. The standard InChI is InChI=1S/C19H22FN3O3/c1-13(24)22-12-2-3-18(21)19(25)23-15-6-10-17(11-7-15)26-16-8-4-14(20)5-9-16/h4-11,18H,2-3,12,21H2,1H3,(H,22,24)(H,23,25). The van der Waals surface area contributed by atoms with Gasteiger partial charge in [-0.1, -0.05) is 0 Å². The third kappa shape index (κ3) is 6.52. The summed E-state index contributed by atoms with van der Waals surface area (Å²) < 4.78 is 18.5. The molecule has 26 heavy (non-hydrogen) atoms. The Kier molecular flexibility index (Phi) is 7.11. The summed E-state index contributed by atoms with van der Waals surface area (Å²) in [7, 11) is 0. The maximum absolute atomic E-state index is 12.9. The van der Waals surface area contributed by atoms with E-state index in [0.29, 0.717) is 36.6 Å². The number of amides is 2. The summed E-state index contributed by atoms with van der Waals surface area (Å²) in [5.74, 6) is 0.355. The minimum absolute atomic E-state index is 0.106. The molecule has 0 saturated carbocycles. The molecule has 0 radical (unpaired) electrons. The van der Waals surface area contributed by atoms with Crippen molar-refractivity contribution in [3.63, 3.8) is 0 Å². The van der Waals surface area contributed by atoms with Crippen molar-refractivity contribution in [3.8, 4) is 11.5 Å². The Bertz CT molecular complexity index is 733. The first-order valence-electron chi connectivity index (χ1n) is 8.28. The van der Waals surface area contributed by atoms with Gasteiger partial charge in [-0.2, -0.15) is 0 Å². The number of anilines is 1. The molecular formula is C19H22FN3O3. The zero-order chi connectivity index (χ0) is 18.9. The van der Waals surface area contributed by atoms with Crippen LogP contribution in [0, 0.1) is 5.82 Å². The fourth-order valence-corrected chi connectivity index (χ4v) is 2.20. The van der Waals surface area contributed by atoms with Crippen molar-refractivity contribution in [1.29, 1.82) is 0 Å². The lowest BCUT2D eigenvalue weighted by atomic mass is 10.1. The highest BCUT2D eigenvalue weighted by atomic mass is 19.1. The van der Waals surface area contributed by atoms with Crippen LogP contribution < -0.4 is 21.1 Å². The Balaban J connectivity index is 1.81. The van der Waals surface area contributed by atoms with E-state index in [1.54, 1.807) is 24.3 Å². The Morgan fingerprint density at radius 3 is 2.23 bits per heavy atom. The normalized spacial score (nSPS) is 11.5. The molecule has 0 heterocycles. The first kappa shape index (κ1) is 19.4. The number of carbonyl (C=O) groups is 2. The van der Waals surface area contributed by atoms with Gasteiger partial charge in [-0.05, 0) is 61.4 Å². The molecule has 1 unspecified atom stereocenters. The maximum atomic E-state index is 12.9. The van der Waals surface area contributed by atoms with Crippen LogP contribution >= 0.6 is 0 Å². The Morgan fingerprint density at radius 2 is 1.65 bits per heavy atom. The molecule has 0 aliphatic rings. The van der Waals surface area contributed by atoms with Crippen molar-refractivity contribution in [1.82, 2.24) is 5.32 Å². The number of hydrogen-bond acceptors (Lipinski definition) is 4. The van der Waals surface area contributed by atoms with Crippen LogP contribution in [0.4, 0.5) is 10.1 Å². The van der Waals surface area contributed by atoms with Crippen molar-refractivity contribution >= 4 is 17.5 Å². The monoisotopic (exact) mass is 359 g/mol. The fraction of sp³-hybridized carbons (Fsp3) is 0.263. The van der Waals surface area contributed by atoms with E-state index in [4.69, 9.17) is 10.5 Å². The summed E-state index contributed by atoms with van der Waals surface area (Å²) in [6.45, 7) is 1.93. The van der Waals surface area contributed by atoms with Gasteiger partial charge in [0.05, 0.1) is 6.04 Å². The smallest absolute Gasteiger partial charge is 0.241 e. The molecule has 2 aromatic rings. The van der Waals surface area contributed by atoms with Gasteiger partial charge in [0, 0.05) is 19.2 Å². The molecule has 0 fully saturated rings. The lowest BCUT2D eigenvalue weighted by Gasteiger charge is -2.13. The fourth-order valence-electron chi connectivity index (χ4n) is 2.20. The van der Waals surface area contributed by atoms with Crippen LogP contribution in [0.3, 0.4) is 0 Å². The number of rotatable bonds is 8. The van der Waals surface area contributed by atoms with E-state index in [-0.39, 0.29) is 17.6 Å². The lowest BCUT2D eigenvalue weighted by Crippen LogP contribution is -2.36. The van der Waals surface area contributed by atoms with Gasteiger partial charge in [0.15, 0.2) is 0 Å². The number of halogens is 1. The van der Waals surface area contributed by atoms with E-state index in [9.17, 15) is 14.0 Å². The van der Waals surface area contributed by atoms with Gasteiger partial charge in [-0.3, -0.25) is 9.59 Å². The second-order valence-corrected chi connectivity index (χ2v) is 5.80. The molecule has 0 saturated heterocycles. The second-order valence-electron chi connectivity index (χ2n) is 5.80. The molecule has 0 aliphatic carbocycles. The molecular weight excluding hydrogens is 337 g/mol. The van der Waals surface area contributed by atoms with Gasteiger partial charge in [0.1, 0.15) is 17.3 Å². The van der Waals surface area contributed by atoms with Crippen molar-refractivity contribution < 1.29 is 18.7 Å². The highest BCUT2D eigenvalue weighted by Crippen LogP contribution is 2.23. The van der Waals surface area contributed by atoms with Crippen molar-refractivity contribution in [3.05, 3.63) is 54.3 Å². The Hall–Kier alpha value is -2.93. The van der Waals surface area contributed by atoms with E-state index in [0.717, 1.165) is 0 Å². The zero-order valence-corrected chi connectivity index (χ0v) is 14.5. The second kappa shape index (κ2) is 9.53. The van der Waals surface area contributed by atoms with Crippen LogP contribution in [-0.4, -0.2) is 24.4 Å². The van der Waals surface area contributed by atoms with Crippen LogP contribution in [0.15, 0.2) is 48.5 Å². The third-order valence-electron chi connectivity index (χ3n) is 3.57. The molecule has 0 bridgehead atoms. The van der Waals surface area contributed by atoms with Crippen molar-refractivity contribution in [2.75, 3.05) is 11.9 Å². The minimum atomic E-state index is -0.654. The molecule has 6 nitrogen and oxygen atoms in total. The number of benzene rings is 2. The lowest BCUT2D eigenvalue weighted by molar-refractivity contribution is -0.119. The van der Waals surface area contributed by atoms with Gasteiger partial charge in [-0.25, -0.2) is 4.39 Å². The average Bonchev–Trinajstić information content (AvgIpc) is 2.62. The summed E-state index contributed by atoms with van der Waals surface area (Å²) in [4.78, 5) is 22.8. The predicted octanol–water partition coefficient (Wildman–Crippen LogP) is 2.80. The zero-order valence-electron chi connectivity index (χ0n) is 14.5. The Labute approximate surface area is 151 Å². The summed E-state index contributed by atoms with van der Waals surface area (Å²) in [5.41, 5.74) is 6.44. The van der Waals surface area contributed by atoms with Gasteiger partial charge in [0.25, 0.3) is 0 Å². The van der Waals surface area contributed by atoms with Crippen LogP contribution in [0.25, 0.3) is 0 Å². The molecule has 1 atom stereocenters. The number of hydrogen-bond donors (Lipinski definition) is 3. The largest absolute Gasteiger partial charge is 0.457 e. The molecule has 7 heteroatoms. The van der Waals surface area contributed by atoms with Gasteiger partial charge < -0.3 is 21.1 Å². The van der Waals surface area contributed by atoms with E-state index in [1.807, 2.05) is 0 Å². The summed E-state index contributed by atoms with van der Waals surface area (Å²) in [5, 5.41) is 5.39. The number of ether oxygens (including phenoxy) is 1. The highest BCUT2D eigenvalue weighted by Gasteiger charge is 2.13. The van der Waals surface area contributed by atoms with E-state index < -0.39 is 6.04 Å². The number of nitrogens with two attached hydrogens (primary N) is 1. The Morgan fingerprint density at radius 1 is 1.08 bits per heavy atom. The highest BCUT2D eigenvalue weighted by molar-refractivity contribution is 5.94. The molecule has 2 amide bonds. The van der Waals surface area contributed by atoms with Gasteiger partial charge in [0.2, 0.25) is 11.8 Å².